The highest BCUT2D eigenvalue weighted by Gasteiger charge is 1.58. The fourth-order valence-corrected chi connectivity index (χ4v) is 0.313. The molecule has 0 fully saturated rings. The fourth-order valence-electron chi connectivity index (χ4n) is 0.313. The Kier molecular flexibility index (Phi) is 37.2. The summed E-state index contributed by atoms with van der Waals surface area (Å²) in [6.45, 7) is 0. The van der Waals surface area contributed by atoms with Gasteiger partial charge in [0.15, 0.2) is 0 Å². The summed E-state index contributed by atoms with van der Waals surface area (Å²) in [5.41, 5.74) is 0. The largest absolute Gasteiger partial charge is 0.265 e. The first-order chi connectivity index (χ1) is 3.00. The average Bonchev–Trinajstić information content (AvgIpc) is 1.72. The van der Waals surface area contributed by atoms with Crippen molar-refractivity contribution in [3.8, 4) is 0 Å². The van der Waals surface area contributed by atoms with E-state index in [0.717, 1.165) is 0 Å². The first kappa shape index (κ1) is 22.5. The third kappa shape index (κ3) is 11.8. The summed E-state index contributed by atoms with van der Waals surface area (Å²) in [7, 11) is 0. The topological polar surface area (TPSA) is 12.9 Å². The normalized spacial score (nSPS) is 4.80. The van der Waals surface area contributed by atoms with Crippen LogP contribution in [0.15, 0.2) is 30.6 Å². The monoisotopic (exact) mass is 399 g/mol. The van der Waals surface area contributed by atoms with Crippen molar-refractivity contribution in [2.75, 3.05) is 0 Å². The van der Waals surface area contributed by atoms with Crippen LogP contribution in [0.3, 0.4) is 0 Å². The molecule has 1 heterocycles. The minimum atomic E-state index is 0. The molecule has 0 aliphatic carbocycles. The van der Waals surface area contributed by atoms with Crippen molar-refractivity contribution >= 4 is 67.9 Å². The average molecular weight is 403 g/mol. The Balaban J connectivity index is -0.0000000450. The van der Waals surface area contributed by atoms with Crippen LogP contribution in [0.4, 0.5) is 0 Å². The van der Waals surface area contributed by atoms with Crippen LogP contribution in [0.5, 0.6) is 0 Å². The Hall–Kier alpha value is 1.07. The highest BCUT2D eigenvalue weighted by atomic mass is 79.9. The van der Waals surface area contributed by atoms with E-state index in [1.165, 1.54) is 0 Å². The van der Waals surface area contributed by atoms with Crippen LogP contribution in [0.2, 0.25) is 0 Å². The van der Waals surface area contributed by atoms with Crippen LogP contribution in [0.25, 0.3) is 0 Å². The molecular formula is C5H9Br4N. The van der Waals surface area contributed by atoms with Gasteiger partial charge in [-0.2, -0.15) is 0 Å². The molecule has 62 valence electrons. The molecule has 0 saturated carbocycles. The number of hydrogen-bond acceptors (Lipinski definition) is 1. The number of halogens is 4. The van der Waals surface area contributed by atoms with E-state index in [1.54, 1.807) is 12.4 Å². The lowest BCUT2D eigenvalue weighted by Crippen LogP contribution is -1.58. The third-order valence-electron chi connectivity index (χ3n) is 0.566. The van der Waals surface area contributed by atoms with Crippen molar-refractivity contribution in [2.24, 2.45) is 0 Å². The predicted molar refractivity (Wildman–Crippen MR) is 65.5 cm³/mol. The van der Waals surface area contributed by atoms with Gasteiger partial charge in [0, 0.05) is 12.4 Å². The minimum absolute atomic E-state index is 0. The van der Waals surface area contributed by atoms with Gasteiger partial charge in [0.05, 0.1) is 0 Å². The summed E-state index contributed by atoms with van der Waals surface area (Å²) in [5, 5.41) is 0. The molecule has 0 unspecified atom stereocenters. The number of nitrogens with zero attached hydrogens (tertiary/aromatic N) is 1. The van der Waals surface area contributed by atoms with Crippen LogP contribution in [0, 0.1) is 0 Å². The Morgan fingerprint density at radius 3 is 1.10 bits per heavy atom. The number of rotatable bonds is 0. The molecule has 0 amide bonds. The van der Waals surface area contributed by atoms with Crippen LogP contribution in [0.1, 0.15) is 0 Å². The molecule has 0 aromatic carbocycles. The molecule has 0 aliphatic heterocycles. The molecule has 1 aromatic heterocycles. The van der Waals surface area contributed by atoms with Gasteiger partial charge in [0.25, 0.3) is 0 Å². The molecule has 0 N–H and O–H groups in total. The molecule has 0 saturated heterocycles. The SMILES string of the molecule is Br.Br.Br.Br.c1ccncc1. The Morgan fingerprint density at radius 1 is 0.600 bits per heavy atom. The summed E-state index contributed by atoms with van der Waals surface area (Å²) < 4.78 is 0. The second kappa shape index (κ2) is 16.6. The van der Waals surface area contributed by atoms with E-state index < -0.39 is 0 Å². The van der Waals surface area contributed by atoms with Crippen LogP contribution in [-0.2, 0) is 0 Å². The van der Waals surface area contributed by atoms with Gasteiger partial charge in [0.1, 0.15) is 0 Å². The maximum absolute atomic E-state index is 3.78. The van der Waals surface area contributed by atoms with E-state index in [-0.39, 0.29) is 67.9 Å². The third-order valence-corrected chi connectivity index (χ3v) is 0.566. The van der Waals surface area contributed by atoms with E-state index in [2.05, 4.69) is 4.98 Å². The minimum Gasteiger partial charge on any atom is -0.265 e. The fraction of sp³-hybridized carbons (Fsp3) is 0. The first-order valence-electron chi connectivity index (χ1n) is 1.85. The van der Waals surface area contributed by atoms with Crippen LogP contribution >= 0.6 is 67.9 Å². The van der Waals surface area contributed by atoms with Crippen LogP contribution in [-0.4, -0.2) is 4.98 Å². The summed E-state index contributed by atoms with van der Waals surface area (Å²) in [6.07, 6.45) is 3.50. The molecule has 0 spiro atoms. The van der Waals surface area contributed by atoms with E-state index in [0.29, 0.717) is 0 Å². The quantitative estimate of drug-likeness (QED) is 0.648. The Bertz CT molecular complexity index is 85.6. The standard InChI is InChI=1S/C5H5N.4BrH/c1-2-4-6-5-3-1;;;;/h1-5H;4*1H. The molecule has 1 nitrogen and oxygen atoms in total. The van der Waals surface area contributed by atoms with Gasteiger partial charge in [-0.25, -0.2) is 0 Å². The summed E-state index contributed by atoms with van der Waals surface area (Å²) in [4.78, 5) is 3.78. The number of hydrogen-bond donors (Lipinski definition) is 0. The Morgan fingerprint density at radius 2 is 1.00 bits per heavy atom. The highest BCUT2D eigenvalue weighted by Crippen LogP contribution is 1.73. The molecule has 0 aliphatic rings. The number of aromatic nitrogens is 1. The van der Waals surface area contributed by atoms with E-state index in [9.17, 15) is 0 Å². The second-order valence-electron chi connectivity index (χ2n) is 1.02. The summed E-state index contributed by atoms with van der Waals surface area (Å²) in [6, 6.07) is 5.72. The predicted octanol–water partition coefficient (Wildman–Crippen LogP) is 3.39. The molecule has 0 bridgehead atoms. The van der Waals surface area contributed by atoms with Gasteiger partial charge in [-0.3, -0.25) is 4.98 Å². The van der Waals surface area contributed by atoms with Gasteiger partial charge in [-0.05, 0) is 12.1 Å². The van der Waals surface area contributed by atoms with E-state index in [4.69, 9.17) is 0 Å². The van der Waals surface area contributed by atoms with Gasteiger partial charge >= 0.3 is 0 Å². The van der Waals surface area contributed by atoms with Crippen molar-refractivity contribution in [3.05, 3.63) is 30.6 Å². The van der Waals surface area contributed by atoms with Gasteiger partial charge in [-0.15, -0.1) is 67.9 Å². The molecular weight excluding hydrogens is 394 g/mol. The van der Waals surface area contributed by atoms with Gasteiger partial charge in [0.2, 0.25) is 0 Å². The van der Waals surface area contributed by atoms with Crippen molar-refractivity contribution in [1.29, 1.82) is 0 Å². The van der Waals surface area contributed by atoms with Gasteiger partial charge in [-0.1, -0.05) is 6.07 Å². The zero-order valence-electron chi connectivity index (χ0n) is 4.97. The van der Waals surface area contributed by atoms with Crippen molar-refractivity contribution in [2.45, 2.75) is 0 Å². The van der Waals surface area contributed by atoms with Gasteiger partial charge < -0.3 is 0 Å². The zero-order chi connectivity index (χ0) is 4.24. The Labute approximate surface area is 103 Å². The molecule has 0 radical (unpaired) electrons. The van der Waals surface area contributed by atoms with E-state index in [1.807, 2.05) is 18.2 Å². The van der Waals surface area contributed by atoms with Crippen LogP contribution < -0.4 is 0 Å². The lowest BCUT2D eigenvalue weighted by molar-refractivity contribution is 1.33. The van der Waals surface area contributed by atoms with Crippen molar-refractivity contribution < 1.29 is 0 Å². The lowest BCUT2D eigenvalue weighted by atomic mass is 10.5. The molecule has 1 rings (SSSR count). The maximum Gasteiger partial charge on any atom is 0.0267 e. The molecule has 5 heteroatoms. The highest BCUT2D eigenvalue weighted by molar-refractivity contribution is 8.93. The second-order valence-corrected chi connectivity index (χ2v) is 1.02. The summed E-state index contributed by atoms with van der Waals surface area (Å²) >= 11 is 0. The smallest absolute Gasteiger partial charge is 0.0267 e. The van der Waals surface area contributed by atoms with Crippen molar-refractivity contribution in [1.82, 2.24) is 4.98 Å². The number of pyridine rings is 1. The molecule has 1 aromatic rings. The maximum atomic E-state index is 3.78. The zero-order valence-corrected chi connectivity index (χ0v) is 11.8. The first-order valence-corrected chi connectivity index (χ1v) is 1.85. The molecule has 10 heavy (non-hydrogen) atoms. The lowest BCUT2D eigenvalue weighted by Gasteiger charge is -1.70. The molecule has 0 atom stereocenters. The summed E-state index contributed by atoms with van der Waals surface area (Å²) in [5.74, 6) is 0. The van der Waals surface area contributed by atoms with E-state index >= 15 is 0 Å². The van der Waals surface area contributed by atoms with Crippen molar-refractivity contribution in [3.63, 3.8) is 0 Å².